The molecule has 0 bridgehead atoms. The third kappa shape index (κ3) is 4.97. The fraction of sp³-hybridized carbons (Fsp3) is 0.296. The molecule has 1 amide bonds. The Kier molecular flexibility index (Phi) is 6.63. The Morgan fingerprint density at radius 2 is 1.91 bits per heavy atom. The first-order chi connectivity index (χ1) is 17.1. The van der Waals surface area contributed by atoms with Gasteiger partial charge in [-0.15, -0.1) is 0 Å². The predicted molar refractivity (Wildman–Crippen MR) is 136 cm³/mol. The molecule has 4 aromatic rings. The normalized spacial score (nSPS) is 14.8. The minimum Gasteiger partial charge on any atom is -0.489 e. The molecule has 0 unspecified atom stereocenters. The smallest absolute Gasteiger partial charge is 0.233 e. The Morgan fingerprint density at radius 3 is 2.69 bits per heavy atom. The van der Waals surface area contributed by atoms with Crippen LogP contribution >= 0.6 is 0 Å². The maximum Gasteiger partial charge on any atom is 0.233 e. The zero-order chi connectivity index (χ0) is 24.2. The molecule has 0 saturated carbocycles. The van der Waals surface area contributed by atoms with Crippen molar-refractivity contribution in [1.82, 2.24) is 24.8 Å². The van der Waals surface area contributed by atoms with Crippen molar-refractivity contribution in [2.24, 2.45) is 0 Å². The van der Waals surface area contributed by atoms with Gasteiger partial charge in [-0.1, -0.05) is 42.5 Å². The SMILES string of the molecule is CNC(=O)CN1CCC(c2cc(-c3cccc(OCc4ccccc4)c3)c3c(N)ncnn23)CC1. The maximum absolute atomic E-state index is 11.8. The lowest BCUT2D eigenvalue weighted by molar-refractivity contribution is -0.122. The molecule has 5 rings (SSSR count). The van der Waals surface area contributed by atoms with E-state index in [1.807, 2.05) is 40.9 Å². The van der Waals surface area contributed by atoms with Gasteiger partial charge in [0, 0.05) is 24.2 Å². The third-order valence-electron chi connectivity index (χ3n) is 6.66. The Balaban J connectivity index is 1.41. The first-order valence-electron chi connectivity index (χ1n) is 11.9. The first-order valence-corrected chi connectivity index (χ1v) is 11.9. The lowest BCUT2D eigenvalue weighted by Gasteiger charge is -2.31. The number of rotatable bonds is 7. The molecule has 1 saturated heterocycles. The van der Waals surface area contributed by atoms with Crippen LogP contribution in [0.25, 0.3) is 16.6 Å². The van der Waals surface area contributed by atoms with Gasteiger partial charge in [0.25, 0.3) is 0 Å². The summed E-state index contributed by atoms with van der Waals surface area (Å²) in [4.78, 5) is 18.2. The number of nitrogens with one attached hydrogen (secondary N) is 1. The molecule has 0 atom stereocenters. The van der Waals surface area contributed by atoms with E-state index in [9.17, 15) is 4.79 Å². The van der Waals surface area contributed by atoms with E-state index in [4.69, 9.17) is 10.5 Å². The highest BCUT2D eigenvalue weighted by molar-refractivity contribution is 5.88. The average Bonchev–Trinajstić information content (AvgIpc) is 3.30. The summed E-state index contributed by atoms with van der Waals surface area (Å²) in [6.07, 6.45) is 3.41. The molecule has 0 radical (unpaired) electrons. The lowest BCUT2D eigenvalue weighted by atomic mass is 9.93. The summed E-state index contributed by atoms with van der Waals surface area (Å²) in [5.41, 5.74) is 11.4. The van der Waals surface area contributed by atoms with Crippen LogP contribution in [0.3, 0.4) is 0 Å². The third-order valence-corrected chi connectivity index (χ3v) is 6.66. The highest BCUT2D eigenvalue weighted by Crippen LogP contribution is 2.37. The average molecular weight is 471 g/mol. The van der Waals surface area contributed by atoms with Gasteiger partial charge in [0.1, 0.15) is 24.2 Å². The quantitative estimate of drug-likeness (QED) is 0.429. The Labute approximate surface area is 204 Å². The maximum atomic E-state index is 11.8. The van der Waals surface area contributed by atoms with Gasteiger partial charge in [0.15, 0.2) is 5.82 Å². The first kappa shape index (κ1) is 22.9. The van der Waals surface area contributed by atoms with E-state index in [1.54, 1.807) is 7.05 Å². The zero-order valence-electron chi connectivity index (χ0n) is 19.9. The van der Waals surface area contributed by atoms with Crippen molar-refractivity contribution in [2.75, 3.05) is 32.4 Å². The second-order valence-electron chi connectivity index (χ2n) is 8.91. The van der Waals surface area contributed by atoms with Gasteiger partial charge in [-0.25, -0.2) is 9.50 Å². The molecule has 3 heterocycles. The fourth-order valence-corrected chi connectivity index (χ4v) is 4.77. The number of nitrogens with two attached hydrogens (primary N) is 1. The topological polar surface area (TPSA) is 97.8 Å². The molecule has 0 spiro atoms. The van der Waals surface area contributed by atoms with Crippen LogP contribution in [0, 0.1) is 0 Å². The summed E-state index contributed by atoms with van der Waals surface area (Å²) in [5, 5.41) is 7.26. The summed E-state index contributed by atoms with van der Waals surface area (Å²) in [6, 6.07) is 20.4. The number of likely N-dealkylation sites (N-methyl/N-ethyl adjacent to an activating group) is 1. The van der Waals surface area contributed by atoms with Crippen LogP contribution in [0.2, 0.25) is 0 Å². The van der Waals surface area contributed by atoms with Gasteiger partial charge in [-0.2, -0.15) is 5.10 Å². The van der Waals surface area contributed by atoms with E-state index in [2.05, 4.69) is 44.6 Å². The number of amides is 1. The highest BCUT2D eigenvalue weighted by Gasteiger charge is 2.26. The molecule has 1 fully saturated rings. The van der Waals surface area contributed by atoms with Crippen molar-refractivity contribution < 1.29 is 9.53 Å². The molecule has 1 aliphatic heterocycles. The van der Waals surface area contributed by atoms with E-state index in [1.165, 1.54) is 6.33 Å². The number of piperidine rings is 1. The van der Waals surface area contributed by atoms with Gasteiger partial charge >= 0.3 is 0 Å². The number of likely N-dealkylation sites (tertiary alicyclic amines) is 1. The van der Waals surface area contributed by atoms with Crippen molar-refractivity contribution in [3.8, 4) is 16.9 Å². The number of nitrogen functional groups attached to an aromatic ring is 1. The summed E-state index contributed by atoms with van der Waals surface area (Å²) in [6.45, 7) is 2.67. The Hall–Kier alpha value is -3.91. The number of carbonyl (C=O) groups is 1. The van der Waals surface area contributed by atoms with Gasteiger partial charge in [-0.3, -0.25) is 9.69 Å². The van der Waals surface area contributed by atoms with Crippen LogP contribution in [0.1, 0.15) is 30.0 Å². The number of nitrogens with zero attached hydrogens (tertiary/aromatic N) is 4. The van der Waals surface area contributed by atoms with E-state index in [-0.39, 0.29) is 5.91 Å². The van der Waals surface area contributed by atoms with E-state index >= 15 is 0 Å². The molecule has 8 heteroatoms. The minimum atomic E-state index is 0.0498. The predicted octanol–water partition coefficient (Wildman–Crippen LogP) is 3.48. The lowest BCUT2D eigenvalue weighted by Crippen LogP contribution is -2.40. The molecule has 180 valence electrons. The summed E-state index contributed by atoms with van der Waals surface area (Å²) >= 11 is 0. The van der Waals surface area contributed by atoms with Crippen molar-refractivity contribution in [1.29, 1.82) is 0 Å². The zero-order valence-corrected chi connectivity index (χ0v) is 19.9. The second-order valence-corrected chi connectivity index (χ2v) is 8.91. The van der Waals surface area contributed by atoms with Crippen LogP contribution in [-0.2, 0) is 11.4 Å². The molecule has 2 aromatic carbocycles. The number of ether oxygens (including phenoxy) is 1. The molecule has 35 heavy (non-hydrogen) atoms. The van der Waals surface area contributed by atoms with Crippen molar-refractivity contribution in [3.05, 3.63) is 78.2 Å². The van der Waals surface area contributed by atoms with Crippen molar-refractivity contribution in [3.63, 3.8) is 0 Å². The number of fused-ring (bicyclic) bond motifs is 1. The van der Waals surface area contributed by atoms with Crippen molar-refractivity contribution >= 4 is 17.2 Å². The standard InChI is InChI=1S/C27H30N6O2/c1-29-25(34)16-32-12-10-20(11-13-32)24-15-23(26-27(28)30-18-31-33(24)26)21-8-5-9-22(14-21)35-17-19-6-3-2-4-7-19/h2-9,14-15,18,20H,10-13,16-17H2,1H3,(H,29,34)(H2,28,30,31). The number of benzene rings is 2. The Morgan fingerprint density at radius 1 is 1.11 bits per heavy atom. The van der Waals surface area contributed by atoms with Crippen LogP contribution in [0.5, 0.6) is 5.75 Å². The highest BCUT2D eigenvalue weighted by atomic mass is 16.5. The fourth-order valence-electron chi connectivity index (χ4n) is 4.77. The Bertz CT molecular complexity index is 1310. The molecule has 3 N–H and O–H groups in total. The van der Waals surface area contributed by atoms with Crippen LogP contribution in [-0.4, -0.2) is 52.1 Å². The summed E-state index contributed by atoms with van der Waals surface area (Å²) in [7, 11) is 1.68. The largest absolute Gasteiger partial charge is 0.489 e. The molecule has 2 aromatic heterocycles. The van der Waals surface area contributed by atoms with E-state index < -0.39 is 0 Å². The van der Waals surface area contributed by atoms with Crippen LogP contribution in [0.4, 0.5) is 5.82 Å². The van der Waals surface area contributed by atoms with Gasteiger partial charge in [0.2, 0.25) is 5.91 Å². The van der Waals surface area contributed by atoms with Gasteiger partial charge < -0.3 is 15.8 Å². The number of carbonyl (C=O) groups excluding carboxylic acids is 1. The summed E-state index contributed by atoms with van der Waals surface area (Å²) in [5.74, 6) is 1.62. The molecular weight excluding hydrogens is 440 g/mol. The molecule has 1 aliphatic rings. The van der Waals surface area contributed by atoms with E-state index in [0.29, 0.717) is 24.9 Å². The van der Waals surface area contributed by atoms with Crippen LogP contribution < -0.4 is 15.8 Å². The molecule has 8 nitrogen and oxygen atoms in total. The van der Waals surface area contributed by atoms with Gasteiger partial charge in [0.05, 0.1) is 6.54 Å². The number of anilines is 1. The van der Waals surface area contributed by atoms with E-state index in [0.717, 1.165) is 59.6 Å². The van der Waals surface area contributed by atoms with Crippen molar-refractivity contribution in [2.45, 2.75) is 25.4 Å². The molecule has 0 aliphatic carbocycles. The van der Waals surface area contributed by atoms with Gasteiger partial charge in [-0.05, 0) is 55.3 Å². The monoisotopic (exact) mass is 470 g/mol. The number of hydrogen-bond donors (Lipinski definition) is 2. The minimum absolute atomic E-state index is 0.0498. The molecular formula is C27H30N6O2. The second kappa shape index (κ2) is 10.1. The number of hydrogen-bond acceptors (Lipinski definition) is 6. The number of aromatic nitrogens is 3. The van der Waals surface area contributed by atoms with Crippen LogP contribution in [0.15, 0.2) is 67.0 Å². The summed E-state index contributed by atoms with van der Waals surface area (Å²) < 4.78 is 8.00.